The lowest BCUT2D eigenvalue weighted by Gasteiger charge is -2.25. The van der Waals surface area contributed by atoms with E-state index in [0.717, 1.165) is 0 Å². The Bertz CT molecular complexity index is 1120. The van der Waals surface area contributed by atoms with E-state index in [4.69, 9.17) is 0 Å². The maximum atomic E-state index is 2.33. The van der Waals surface area contributed by atoms with E-state index >= 15 is 0 Å². The first-order chi connectivity index (χ1) is 11.8. The Morgan fingerprint density at radius 2 is 1.17 bits per heavy atom. The standard InChI is InChI=1S/C23H17N/c1-24-22-13-7-2-8-16(22)14-15-21-19-11-4-3-9-17(19)18-10-5-6-12-20(18)23(21)24/h2-15H,1H3. The van der Waals surface area contributed by atoms with Gasteiger partial charge in [0.15, 0.2) is 0 Å². The van der Waals surface area contributed by atoms with Crippen LogP contribution in [-0.4, -0.2) is 7.05 Å². The van der Waals surface area contributed by atoms with Crippen molar-refractivity contribution in [2.75, 3.05) is 11.9 Å². The molecule has 0 N–H and O–H groups in total. The molecule has 0 saturated carbocycles. The molecule has 1 aliphatic rings. The van der Waals surface area contributed by atoms with Gasteiger partial charge in [-0.25, -0.2) is 0 Å². The lowest BCUT2D eigenvalue weighted by molar-refractivity contribution is 1.22. The second kappa shape index (κ2) is 4.97. The Balaban J connectivity index is 2.01. The van der Waals surface area contributed by atoms with E-state index in [-0.39, 0.29) is 0 Å². The lowest BCUT2D eigenvalue weighted by Crippen LogP contribution is -2.12. The summed E-state index contributed by atoms with van der Waals surface area (Å²) in [7, 11) is 2.17. The highest BCUT2D eigenvalue weighted by Crippen LogP contribution is 2.44. The molecule has 0 unspecified atom stereocenters. The Labute approximate surface area is 141 Å². The summed E-state index contributed by atoms with van der Waals surface area (Å²) < 4.78 is 0. The van der Waals surface area contributed by atoms with Gasteiger partial charge in [-0.05, 0) is 27.8 Å². The topological polar surface area (TPSA) is 3.24 Å². The number of hydrogen-bond acceptors (Lipinski definition) is 1. The molecule has 0 spiro atoms. The van der Waals surface area contributed by atoms with Crippen LogP contribution in [0.4, 0.5) is 11.4 Å². The Morgan fingerprint density at radius 1 is 0.583 bits per heavy atom. The fourth-order valence-electron chi connectivity index (χ4n) is 3.91. The van der Waals surface area contributed by atoms with Gasteiger partial charge in [-0.1, -0.05) is 78.9 Å². The van der Waals surface area contributed by atoms with Crippen molar-refractivity contribution >= 4 is 45.1 Å². The van der Waals surface area contributed by atoms with Gasteiger partial charge in [-0.2, -0.15) is 0 Å². The van der Waals surface area contributed by atoms with Crippen LogP contribution < -0.4 is 4.90 Å². The van der Waals surface area contributed by atoms with Crippen LogP contribution in [-0.2, 0) is 0 Å². The van der Waals surface area contributed by atoms with Crippen LogP contribution in [0, 0.1) is 0 Å². The van der Waals surface area contributed by atoms with E-state index < -0.39 is 0 Å². The van der Waals surface area contributed by atoms with Gasteiger partial charge in [0.05, 0.1) is 5.69 Å². The van der Waals surface area contributed by atoms with Crippen LogP contribution in [0.25, 0.3) is 33.7 Å². The maximum Gasteiger partial charge on any atom is 0.0568 e. The number of fused-ring (bicyclic) bond motifs is 7. The van der Waals surface area contributed by atoms with E-state index in [2.05, 4.69) is 96.9 Å². The molecule has 0 amide bonds. The molecule has 0 atom stereocenters. The molecule has 4 aromatic carbocycles. The van der Waals surface area contributed by atoms with Crippen LogP contribution in [0.15, 0.2) is 72.8 Å². The van der Waals surface area contributed by atoms with Gasteiger partial charge in [-0.15, -0.1) is 0 Å². The summed E-state index contributed by atoms with van der Waals surface area (Å²) in [5, 5.41) is 5.24. The zero-order chi connectivity index (χ0) is 16.1. The molecule has 1 heterocycles. The van der Waals surface area contributed by atoms with Crippen LogP contribution in [0.3, 0.4) is 0 Å². The molecule has 1 heteroatoms. The van der Waals surface area contributed by atoms with Crippen molar-refractivity contribution in [3.05, 3.63) is 83.9 Å². The first-order valence-corrected chi connectivity index (χ1v) is 8.29. The number of anilines is 2. The zero-order valence-electron chi connectivity index (χ0n) is 13.5. The molecule has 0 saturated heterocycles. The third kappa shape index (κ3) is 1.75. The summed E-state index contributed by atoms with van der Waals surface area (Å²) in [5.74, 6) is 0. The van der Waals surface area contributed by atoms with Crippen LogP contribution in [0.2, 0.25) is 0 Å². The zero-order valence-corrected chi connectivity index (χ0v) is 13.5. The van der Waals surface area contributed by atoms with Crippen molar-refractivity contribution < 1.29 is 0 Å². The summed E-state index contributed by atoms with van der Waals surface area (Å²) >= 11 is 0. The van der Waals surface area contributed by atoms with Gasteiger partial charge in [0.25, 0.3) is 0 Å². The van der Waals surface area contributed by atoms with Gasteiger partial charge < -0.3 is 4.90 Å². The van der Waals surface area contributed by atoms with Crippen molar-refractivity contribution in [3.8, 4) is 0 Å². The summed E-state index contributed by atoms with van der Waals surface area (Å²) in [4.78, 5) is 2.33. The normalized spacial score (nSPS) is 13.0. The molecule has 4 aromatic rings. The monoisotopic (exact) mass is 307 g/mol. The summed E-state index contributed by atoms with van der Waals surface area (Å²) in [6.45, 7) is 0. The highest BCUT2D eigenvalue weighted by molar-refractivity contribution is 6.19. The molecule has 0 aromatic heterocycles. The molecule has 24 heavy (non-hydrogen) atoms. The highest BCUT2D eigenvalue weighted by Gasteiger charge is 2.19. The second-order valence-electron chi connectivity index (χ2n) is 6.30. The van der Waals surface area contributed by atoms with Gasteiger partial charge >= 0.3 is 0 Å². The maximum absolute atomic E-state index is 2.33. The van der Waals surface area contributed by atoms with Crippen molar-refractivity contribution in [2.24, 2.45) is 0 Å². The third-order valence-electron chi connectivity index (χ3n) is 5.01. The molecule has 114 valence electrons. The Hall–Kier alpha value is -3.06. The fourth-order valence-corrected chi connectivity index (χ4v) is 3.91. The lowest BCUT2D eigenvalue weighted by atomic mass is 9.94. The van der Waals surface area contributed by atoms with Crippen molar-refractivity contribution in [3.63, 3.8) is 0 Å². The molecule has 0 radical (unpaired) electrons. The van der Waals surface area contributed by atoms with E-state index in [1.165, 1.54) is 44.0 Å². The van der Waals surface area contributed by atoms with E-state index in [0.29, 0.717) is 0 Å². The molecule has 1 aliphatic heterocycles. The predicted octanol–water partition coefficient (Wildman–Crippen LogP) is 6.24. The average Bonchev–Trinajstić information content (AvgIpc) is 2.80. The molecule has 0 fully saturated rings. The molecule has 1 nitrogen and oxygen atoms in total. The Kier molecular flexibility index (Phi) is 2.77. The van der Waals surface area contributed by atoms with Crippen molar-refractivity contribution in [2.45, 2.75) is 0 Å². The minimum absolute atomic E-state index is 1.24. The van der Waals surface area contributed by atoms with Gasteiger partial charge in [0.1, 0.15) is 0 Å². The molecule has 5 rings (SSSR count). The van der Waals surface area contributed by atoms with Crippen LogP contribution in [0.5, 0.6) is 0 Å². The van der Waals surface area contributed by atoms with E-state index in [1.807, 2.05) is 0 Å². The Morgan fingerprint density at radius 3 is 1.96 bits per heavy atom. The number of rotatable bonds is 0. The van der Waals surface area contributed by atoms with Gasteiger partial charge in [0, 0.05) is 23.7 Å². The second-order valence-corrected chi connectivity index (χ2v) is 6.30. The van der Waals surface area contributed by atoms with E-state index in [9.17, 15) is 0 Å². The number of hydrogen-bond donors (Lipinski definition) is 0. The summed E-state index contributed by atoms with van der Waals surface area (Å²) in [6, 6.07) is 26.0. The van der Waals surface area contributed by atoms with Crippen molar-refractivity contribution in [1.82, 2.24) is 0 Å². The third-order valence-corrected chi connectivity index (χ3v) is 5.01. The predicted molar refractivity (Wildman–Crippen MR) is 105 cm³/mol. The van der Waals surface area contributed by atoms with Gasteiger partial charge in [0.2, 0.25) is 0 Å². The smallest absolute Gasteiger partial charge is 0.0568 e. The van der Waals surface area contributed by atoms with E-state index in [1.54, 1.807) is 0 Å². The summed E-state index contributed by atoms with van der Waals surface area (Å²) in [6.07, 6.45) is 4.51. The first kappa shape index (κ1) is 13.4. The van der Waals surface area contributed by atoms with Crippen LogP contribution in [0.1, 0.15) is 11.1 Å². The highest BCUT2D eigenvalue weighted by atomic mass is 15.1. The average molecular weight is 307 g/mol. The van der Waals surface area contributed by atoms with Gasteiger partial charge in [-0.3, -0.25) is 0 Å². The minimum atomic E-state index is 1.24. The van der Waals surface area contributed by atoms with Crippen molar-refractivity contribution in [1.29, 1.82) is 0 Å². The molecule has 0 aliphatic carbocycles. The molecular weight excluding hydrogens is 290 g/mol. The molecular formula is C23H17N. The quantitative estimate of drug-likeness (QED) is 0.347. The first-order valence-electron chi connectivity index (χ1n) is 8.29. The minimum Gasteiger partial charge on any atom is -0.343 e. The number of benzene rings is 4. The fraction of sp³-hybridized carbons (Fsp3) is 0.0435. The summed E-state index contributed by atoms with van der Waals surface area (Å²) in [5.41, 5.74) is 5.07. The number of para-hydroxylation sites is 1. The molecule has 0 bridgehead atoms. The largest absolute Gasteiger partial charge is 0.343 e. The number of nitrogens with zero attached hydrogens (tertiary/aromatic N) is 1. The SMILES string of the molecule is CN1c2ccccc2C=Cc2c1c1ccccc1c1ccccc21. The van der Waals surface area contributed by atoms with Crippen LogP contribution >= 0.6 is 0 Å².